The first-order chi connectivity index (χ1) is 8.72. The number of hydrogen-bond donors (Lipinski definition) is 1. The van der Waals surface area contributed by atoms with Gasteiger partial charge in [-0.25, -0.2) is 0 Å². The lowest BCUT2D eigenvalue weighted by atomic mass is 9.97. The van der Waals surface area contributed by atoms with Crippen LogP contribution in [0.15, 0.2) is 18.2 Å². The Bertz CT molecular complexity index is 385. The predicted molar refractivity (Wildman–Crippen MR) is 79.1 cm³/mol. The van der Waals surface area contributed by atoms with Crippen molar-refractivity contribution < 1.29 is 0 Å². The maximum Gasteiger partial charge on any atom is 0.0375 e. The van der Waals surface area contributed by atoms with Gasteiger partial charge in [0.25, 0.3) is 0 Å². The number of rotatable bonds is 5. The summed E-state index contributed by atoms with van der Waals surface area (Å²) in [6.45, 7) is 10.3. The molecule has 2 heteroatoms. The van der Waals surface area contributed by atoms with Crippen LogP contribution in [0.25, 0.3) is 0 Å². The Balaban J connectivity index is 2.17. The fraction of sp³-hybridized carbons (Fsp3) is 0.625. The van der Waals surface area contributed by atoms with E-state index in [1.165, 1.54) is 37.1 Å². The molecule has 0 saturated heterocycles. The van der Waals surface area contributed by atoms with E-state index in [0.717, 1.165) is 13.1 Å². The smallest absolute Gasteiger partial charge is 0.0375 e. The van der Waals surface area contributed by atoms with Crippen molar-refractivity contribution in [3.8, 4) is 0 Å². The summed E-state index contributed by atoms with van der Waals surface area (Å²) in [4.78, 5) is 2.57. The third kappa shape index (κ3) is 3.05. The third-order valence-electron chi connectivity index (χ3n) is 3.81. The van der Waals surface area contributed by atoms with Crippen LogP contribution in [0.5, 0.6) is 0 Å². The zero-order valence-electron chi connectivity index (χ0n) is 12.0. The summed E-state index contributed by atoms with van der Waals surface area (Å²) < 4.78 is 0. The number of nitrogens with zero attached hydrogens (tertiary/aromatic N) is 1. The number of nitrogens with one attached hydrogen (secondary N) is 1. The second-order valence-corrected chi connectivity index (χ2v) is 5.54. The monoisotopic (exact) mass is 246 g/mol. The second kappa shape index (κ2) is 6.24. The summed E-state index contributed by atoms with van der Waals surface area (Å²) in [6, 6.07) is 7.34. The van der Waals surface area contributed by atoms with Gasteiger partial charge in [-0.05, 0) is 56.8 Å². The first-order valence-electron chi connectivity index (χ1n) is 7.31. The summed E-state index contributed by atoms with van der Waals surface area (Å²) in [5, 5.41) is 3.52. The molecule has 1 aromatic carbocycles. The van der Waals surface area contributed by atoms with Gasteiger partial charge in [0.15, 0.2) is 0 Å². The Morgan fingerprint density at radius 3 is 2.89 bits per heavy atom. The van der Waals surface area contributed by atoms with Crippen LogP contribution in [-0.4, -0.2) is 24.0 Å². The van der Waals surface area contributed by atoms with Crippen LogP contribution in [0, 0.1) is 0 Å². The lowest BCUT2D eigenvalue weighted by Crippen LogP contribution is -2.31. The number of fused-ring (bicyclic) bond motifs is 1. The molecule has 1 aromatic rings. The van der Waals surface area contributed by atoms with Gasteiger partial charge < -0.3 is 5.32 Å². The van der Waals surface area contributed by atoms with Gasteiger partial charge in [0.2, 0.25) is 0 Å². The average Bonchev–Trinajstić information content (AvgIpc) is 2.38. The van der Waals surface area contributed by atoms with Crippen molar-refractivity contribution in [2.75, 3.05) is 18.4 Å². The Morgan fingerprint density at radius 2 is 2.17 bits per heavy atom. The minimum atomic E-state index is 0.623. The average molecular weight is 246 g/mol. The summed E-state index contributed by atoms with van der Waals surface area (Å²) in [5.74, 6) is 0. The minimum absolute atomic E-state index is 0.623. The molecular weight excluding hydrogens is 220 g/mol. The standard InChI is InChI=1S/C16H26N2/c1-4-11-18(13(2)3)12-14-7-5-9-16-15(14)8-6-10-17-16/h5,7,9,13,17H,4,6,8,10-12H2,1-3H3. The van der Waals surface area contributed by atoms with Crippen molar-refractivity contribution in [2.45, 2.75) is 52.6 Å². The summed E-state index contributed by atoms with van der Waals surface area (Å²) in [5.41, 5.74) is 4.42. The molecule has 100 valence electrons. The molecule has 0 saturated carbocycles. The molecule has 1 aliphatic heterocycles. The van der Waals surface area contributed by atoms with Gasteiger partial charge in [0.05, 0.1) is 0 Å². The molecule has 2 nitrogen and oxygen atoms in total. The van der Waals surface area contributed by atoms with E-state index >= 15 is 0 Å². The quantitative estimate of drug-likeness (QED) is 0.853. The molecule has 0 aromatic heterocycles. The molecule has 0 amide bonds. The summed E-state index contributed by atoms with van der Waals surface area (Å²) in [7, 11) is 0. The number of benzene rings is 1. The van der Waals surface area contributed by atoms with E-state index in [0.29, 0.717) is 6.04 Å². The van der Waals surface area contributed by atoms with Gasteiger partial charge in [-0.1, -0.05) is 19.1 Å². The van der Waals surface area contributed by atoms with Gasteiger partial charge in [-0.2, -0.15) is 0 Å². The highest BCUT2D eigenvalue weighted by Crippen LogP contribution is 2.26. The lowest BCUT2D eigenvalue weighted by Gasteiger charge is -2.29. The minimum Gasteiger partial charge on any atom is -0.385 e. The Morgan fingerprint density at radius 1 is 1.33 bits per heavy atom. The van der Waals surface area contributed by atoms with Crippen LogP contribution in [-0.2, 0) is 13.0 Å². The molecule has 0 radical (unpaired) electrons. The molecule has 1 N–H and O–H groups in total. The van der Waals surface area contributed by atoms with E-state index in [-0.39, 0.29) is 0 Å². The topological polar surface area (TPSA) is 15.3 Å². The Kier molecular flexibility index (Phi) is 4.65. The molecular formula is C16H26N2. The van der Waals surface area contributed by atoms with E-state index in [1.807, 2.05) is 0 Å². The molecule has 0 bridgehead atoms. The fourth-order valence-electron chi connectivity index (χ4n) is 2.76. The second-order valence-electron chi connectivity index (χ2n) is 5.54. The molecule has 0 fully saturated rings. The Hall–Kier alpha value is -1.02. The van der Waals surface area contributed by atoms with Crippen LogP contribution in [0.3, 0.4) is 0 Å². The van der Waals surface area contributed by atoms with Gasteiger partial charge in [-0.3, -0.25) is 4.90 Å². The molecule has 0 atom stereocenters. The van der Waals surface area contributed by atoms with Crippen LogP contribution >= 0.6 is 0 Å². The van der Waals surface area contributed by atoms with Crippen molar-refractivity contribution in [1.29, 1.82) is 0 Å². The van der Waals surface area contributed by atoms with Crippen LogP contribution < -0.4 is 5.32 Å². The van der Waals surface area contributed by atoms with E-state index in [4.69, 9.17) is 0 Å². The molecule has 18 heavy (non-hydrogen) atoms. The first kappa shape index (κ1) is 13.4. The van der Waals surface area contributed by atoms with Crippen molar-refractivity contribution >= 4 is 5.69 Å². The van der Waals surface area contributed by atoms with E-state index < -0.39 is 0 Å². The number of hydrogen-bond acceptors (Lipinski definition) is 2. The normalized spacial score (nSPS) is 14.7. The predicted octanol–water partition coefficient (Wildman–Crippen LogP) is 3.67. The molecule has 0 unspecified atom stereocenters. The largest absolute Gasteiger partial charge is 0.385 e. The SMILES string of the molecule is CCCN(Cc1cccc2c1CCCN2)C(C)C. The van der Waals surface area contributed by atoms with Crippen LogP contribution in [0.4, 0.5) is 5.69 Å². The fourth-order valence-corrected chi connectivity index (χ4v) is 2.76. The highest BCUT2D eigenvalue weighted by Gasteiger charge is 2.15. The maximum absolute atomic E-state index is 3.52. The molecule has 2 rings (SSSR count). The van der Waals surface area contributed by atoms with Crippen molar-refractivity contribution in [2.24, 2.45) is 0 Å². The maximum atomic E-state index is 3.52. The van der Waals surface area contributed by atoms with E-state index in [9.17, 15) is 0 Å². The van der Waals surface area contributed by atoms with Gasteiger partial charge >= 0.3 is 0 Å². The van der Waals surface area contributed by atoms with Crippen molar-refractivity contribution in [3.05, 3.63) is 29.3 Å². The van der Waals surface area contributed by atoms with Gasteiger partial charge in [0.1, 0.15) is 0 Å². The van der Waals surface area contributed by atoms with E-state index in [1.54, 1.807) is 5.56 Å². The zero-order valence-corrected chi connectivity index (χ0v) is 12.0. The highest BCUT2D eigenvalue weighted by molar-refractivity contribution is 5.56. The van der Waals surface area contributed by atoms with Gasteiger partial charge in [-0.15, -0.1) is 0 Å². The molecule has 1 heterocycles. The molecule has 1 aliphatic rings. The van der Waals surface area contributed by atoms with Crippen LogP contribution in [0.1, 0.15) is 44.7 Å². The molecule has 0 spiro atoms. The van der Waals surface area contributed by atoms with Crippen LogP contribution in [0.2, 0.25) is 0 Å². The first-order valence-corrected chi connectivity index (χ1v) is 7.31. The zero-order chi connectivity index (χ0) is 13.0. The number of anilines is 1. The summed E-state index contributed by atoms with van der Waals surface area (Å²) >= 11 is 0. The van der Waals surface area contributed by atoms with E-state index in [2.05, 4.69) is 49.2 Å². The Labute approximate surface area is 111 Å². The van der Waals surface area contributed by atoms with Gasteiger partial charge in [0, 0.05) is 24.8 Å². The highest BCUT2D eigenvalue weighted by atomic mass is 15.1. The molecule has 0 aliphatic carbocycles. The third-order valence-corrected chi connectivity index (χ3v) is 3.81. The van der Waals surface area contributed by atoms with Crippen molar-refractivity contribution in [1.82, 2.24) is 4.90 Å². The summed E-state index contributed by atoms with van der Waals surface area (Å²) in [6.07, 6.45) is 3.72. The lowest BCUT2D eigenvalue weighted by molar-refractivity contribution is 0.212. The van der Waals surface area contributed by atoms with Crippen molar-refractivity contribution in [3.63, 3.8) is 0 Å².